The average Bonchev–Trinajstić information content (AvgIpc) is 2.56. The van der Waals surface area contributed by atoms with E-state index in [2.05, 4.69) is 5.32 Å². The summed E-state index contributed by atoms with van der Waals surface area (Å²) in [6.07, 6.45) is -3.90. The number of benzene rings is 1. The summed E-state index contributed by atoms with van der Waals surface area (Å²) in [6, 6.07) is 2.27. The second-order valence-corrected chi connectivity index (χ2v) is 7.36. The van der Waals surface area contributed by atoms with Gasteiger partial charge in [-0.25, -0.2) is 0 Å². The Morgan fingerprint density at radius 1 is 1.44 bits per heavy atom. The van der Waals surface area contributed by atoms with Crippen LogP contribution in [0.5, 0.6) is 0 Å². The van der Waals surface area contributed by atoms with E-state index >= 15 is 0 Å². The van der Waals surface area contributed by atoms with Crippen molar-refractivity contribution in [3.8, 4) is 0 Å². The van der Waals surface area contributed by atoms with Crippen LogP contribution in [-0.2, 0) is 11.0 Å². The third-order valence-corrected chi connectivity index (χ3v) is 4.84. The number of likely N-dealkylation sites (tertiary alicyclic amines) is 1. The highest BCUT2D eigenvalue weighted by atomic mass is 19.4. The number of alkyl halides is 3. The van der Waals surface area contributed by atoms with Crippen molar-refractivity contribution in [1.29, 1.82) is 0 Å². The number of nitro groups is 1. The number of halogens is 3. The molecule has 0 aromatic heterocycles. The molecule has 1 amide bonds. The topological polar surface area (TPSA) is 102 Å². The standard InChI is InChI=1S/C17H23F3N4O3/c1-16(2)10-23(8-6-14(16)21)15(25)5-7-22-12-4-3-11(17(18,19)20)9-13(12)24(26)27/h3-4,9,14,22H,5-8,10,21H2,1-2H3. The fourth-order valence-electron chi connectivity index (χ4n) is 3.06. The number of nitrogens with one attached hydrogen (secondary N) is 1. The third kappa shape index (κ3) is 5.09. The van der Waals surface area contributed by atoms with E-state index in [1.807, 2.05) is 13.8 Å². The van der Waals surface area contributed by atoms with Crippen molar-refractivity contribution < 1.29 is 22.9 Å². The Kier molecular flexibility index (Phi) is 5.98. The van der Waals surface area contributed by atoms with Crippen LogP contribution in [0, 0.1) is 15.5 Å². The van der Waals surface area contributed by atoms with Gasteiger partial charge in [-0.1, -0.05) is 13.8 Å². The molecule has 1 aromatic carbocycles. The van der Waals surface area contributed by atoms with Crippen molar-refractivity contribution >= 4 is 17.3 Å². The molecule has 10 heteroatoms. The van der Waals surface area contributed by atoms with Gasteiger partial charge in [-0.05, 0) is 24.0 Å². The number of rotatable bonds is 5. The smallest absolute Gasteiger partial charge is 0.379 e. The zero-order valence-corrected chi connectivity index (χ0v) is 15.2. The first-order chi connectivity index (χ1) is 12.4. The lowest BCUT2D eigenvalue weighted by molar-refractivity contribution is -0.384. The van der Waals surface area contributed by atoms with Crippen LogP contribution in [0.3, 0.4) is 0 Å². The van der Waals surface area contributed by atoms with Crippen LogP contribution in [-0.4, -0.2) is 41.4 Å². The number of nitro benzene ring substituents is 1. The van der Waals surface area contributed by atoms with Crippen LogP contribution < -0.4 is 11.1 Å². The van der Waals surface area contributed by atoms with E-state index in [0.29, 0.717) is 25.6 Å². The Bertz CT molecular complexity index is 722. The summed E-state index contributed by atoms with van der Waals surface area (Å²) in [5, 5.41) is 13.8. The summed E-state index contributed by atoms with van der Waals surface area (Å²) in [4.78, 5) is 24.2. The molecule has 1 atom stereocenters. The second-order valence-electron chi connectivity index (χ2n) is 7.36. The Hall–Kier alpha value is -2.36. The number of hydrogen-bond acceptors (Lipinski definition) is 5. The lowest BCUT2D eigenvalue weighted by Crippen LogP contribution is -2.54. The number of nitrogens with zero attached hydrogens (tertiary/aromatic N) is 2. The molecule has 3 N–H and O–H groups in total. The van der Waals surface area contributed by atoms with Crippen LogP contribution in [0.1, 0.15) is 32.3 Å². The fraction of sp³-hybridized carbons (Fsp3) is 0.588. The zero-order chi connectivity index (χ0) is 20.4. The molecule has 0 bridgehead atoms. The summed E-state index contributed by atoms with van der Waals surface area (Å²) >= 11 is 0. The first-order valence-electron chi connectivity index (χ1n) is 8.54. The Labute approximate surface area is 154 Å². The minimum absolute atomic E-state index is 0.00877. The predicted molar refractivity (Wildman–Crippen MR) is 94.2 cm³/mol. The molecule has 150 valence electrons. The maximum absolute atomic E-state index is 12.7. The number of anilines is 1. The van der Waals surface area contributed by atoms with Crippen molar-refractivity contribution in [2.45, 2.75) is 38.9 Å². The first kappa shape index (κ1) is 20.9. The number of carbonyl (C=O) groups excluding carboxylic acids is 1. The highest BCUT2D eigenvalue weighted by Gasteiger charge is 2.35. The van der Waals surface area contributed by atoms with Gasteiger partial charge >= 0.3 is 6.18 Å². The molecule has 2 rings (SSSR count). The van der Waals surface area contributed by atoms with Gasteiger partial charge in [0, 0.05) is 38.2 Å². The summed E-state index contributed by atoms with van der Waals surface area (Å²) < 4.78 is 38.1. The van der Waals surface area contributed by atoms with E-state index in [1.165, 1.54) is 0 Å². The average molecular weight is 388 g/mol. The van der Waals surface area contributed by atoms with E-state index in [4.69, 9.17) is 5.73 Å². The van der Waals surface area contributed by atoms with E-state index < -0.39 is 22.4 Å². The molecular formula is C17H23F3N4O3. The molecule has 1 unspecified atom stereocenters. The summed E-state index contributed by atoms with van der Waals surface area (Å²) in [6.45, 7) is 5.12. The maximum atomic E-state index is 12.7. The molecule has 27 heavy (non-hydrogen) atoms. The van der Waals surface area contributed by atoms with Crippen molar-refractivity contribution in [3.63, 3.8) is 0 Å². The van der Waals surface area contributed by atoms with Crippen LogP contribution >= 0.6 is 0 Å². The van der Waals surface area contributed by atoms with Crippen molar-refractivity contribution in [1.82, 2.24) is 4.90 Å². The van der Waals surface area contributed by atoms with Crippen molar-refractivity contribution in [2.24, 2.45) is 11.1 Å². The molecule has 1 aromatic rings. The number of hydrogen-bond donors (Lipinski definition) is 2. The summed E-state index contributed by atoms with van der Waals surface area (Å²) in [5.41, 5.74) is 4.02. The van der Waals surface area contributed by atoms with Gasteiger partial charge in [-0.2, -0.15) is 13.2 Å². The molecule has 0 aliphatic carbocycles. The molecule has 7 nitrogen and oxygen atoms in total. The van der Waals surface area contributed by atoms with Crippen molar-refractivity contribution in [2.75, 3.05) is 25.0 Å². The predicted octanol–water partition coefficient (Wildman–Crippen LogP) is 3.00. The quantitative estimate of drug-likeness (QED) is 0.596. The minimum atomic E-state index is -4.67. The molecular weight excluding hydrogens is 365 g/mol. The molecule has 1 aliphatic rings. The van der Waals surface area contributed by atoms with Crippen LogP contribution in [0.15, 0.2) is 18.2 Å². The number of nitrogens with two attached hydrogens (primary N) is 1. The largest absolute Gasteiger partial charge is 0.416 e. The van der Waals surface area contributed by atoms with Gasteiger partial charge in [0.1, 0.15) is 5.69 Å². The normalized spacial score (nSPS) is 19.6. The molecule has 0 radical (unpaired) electrons. The summed E-state index contributed by atoms with van der Waals surface area (Å²) in [7, 11) is 0. The van der Waals surface area contributed by atoms with Gasteiger partial charge in [-0.3, -0.25) is 14.9 Å². The van der Waals surface area contributed by atoms with E-state index in [0.717, 1.165) is 12.1 Å². The number of carbonyl (C=O) groups is 1. The Morgan fingerprint density at radius 3 is 2.67 bits per heavy atom. The highest BCUT2D eigenvalue weighted by molar-refractivity contribution is 5.77. The Balaban J connectivity index is 1.99. The third-order valence-electron chi connectivity index (χ3n) is 4.84. The van der Waals surface area contributed by atoms with E-state index in [-0.39, 0.29) is 36.0 Å². The van der Waals surface area contributed by atoms with Gasteiger partial charge < -0.3 is 16.0 Å². The first-order valence-corrected chi connectivity index (χ1v) is 8.54. The lowest BCUT2D eigenvalue weighted by Gasteiger charge is -2.42. The van der Waals surface area contributed by atoms with Crippen LogP contribution in [0.2, 0.25) is 0 Å². The molecule has 1 fully saturated rings. The SMILES string of the molecule is CC1(C)CN(C(=O)CCNc2ccc(C(F)(F)F)cc2[N+](=O)[O-])CCC1N. The van der Waals surface area contributed by atoms with Gasteiger partial charge in [-0.15, -0.1) is 0 Å². The minimum Gasteiger partial charge on any atom is -0.379 e. The molecule has 0 spiro atoms. The van der Waals surface area contributed by atoms with Gasteiger partial charge in [0.25, 0.3) is 5.69 Å². The fourth-order valence-corrected chi connectivity index (χ4v) is 3.06. The summed E-state index contributed by atoms with van der Waals surface area (Å²) in [5.74, 6) is -0.128. The van der Waals surface area contributed by atoms with E-state index in [9.17, 15) is 28.1 Å². The van der Waals surface area contributed by atoms with E-state index in [1.54, 1.807) is 4.90 Å². The number of amides is 1. The Morgan fingerprint density at radius 2 is 2.11 bits per heavy atom. The van der Waals surface area contributed by atoms with Gasteiger partial charge in [0.2, 0.25) is 5.91 Å². The van der Waals surface area contributed by atoms with Crippen LogP contribution in [0.25, 0.3) is 0 Å². The van der Waals surface area contributed by atoms with Gasteiger partial charge in [0.15, 0.2) is 0 Å². The van der Waals surface area contributed by atoms with Crippen molar-refractivity contribution in [3.05, 3.63) is 33.9 Å². The lowest BCUT2D eigenvalue weighted by atomic mass is 9.79. The van der Waals surface area contributed by atoms with Crippen LogP contribution in [0.4, 0.5) is 24.5 Å². The maximum Gasteiger partial charge on any atom is 0.416 e. The monoisotopic (exact) mass is 388 g/mol. The molecule has 0 saturated carbocycles. The highest BCUT2D eigenvalue weighted by Crippen LogP contribution is 2.35. The second kappa shape index (κ2) is 7.71. The van der Waals surface area contributed by atoms with Gasteiger partial charge in [0.05, 0.1) is 10.5 Å². The molecule has 1 aliphatic heterocycles. The molecule has 1 heterocycles. The zero-order valence-electron chi connectivity index (χ0n) is 15.2. The molecule has 1 saturated heterocycles. The number of piperidine rings is 1.